The van der Waals surface area contributed by atoms with Crippen molar-refractivity contribution in [2.45, 2.75) is 17.5 Å². The van der Waals surface area contributed by atoms with Crippen molar-refractivity contribution in [1.82, 2.24) is 5.32 Å². The molecule has 26 heavy (non-hydrogen) atoms. The smallest absolute Gasteiger partial charge is 0.255 e. The van der Waals surface area contributed by atoms with Gasteiger partial charge in [-0.15, -0.1) is 35.9 Å². The summed E-state index contributed by atoms with van der Waals surface area (Å²) in [6.45, 7) is 1.44. The van der Waals surface area contributed by atoms with Crippen LogP contribution >= 0.6 is 35.9 Å². The van der Waals surface area contributed by atoms with Crippen LogP contribution in [0.15, 0.2) is 36.4 Å². The van der Waals surface area contributed by atoms with E-state index >= 15 is 0 Å². The number of nitrogens with one attached hydrogen (secondary N) is 2. The molecule has 2 heterocycles. The number of amides is 1. The van der Waals surface area contributed by atoms with E-state index < -0.39 is 0 Å². The third kappa shape index (κ3) is 4.03. The molecule has 0 saturated carbocycles. The zero-order valence-electron chi connectivity index (χ0n) is 14.1. The molecule has 0 spiro atoms. The number of rotatable bonds is 3. The SMILES string of the molecule is Cl.O=C(Nc1ccc2c(c1F)CCNC2)c1ccc(C2SCCS2)cc1. The van der Waals surface area contributed by atoms with Gasteiger partial charge in [0.05, 0.1) is 10.3 Å². The monoisotopic (exact) mass is 410 g/mol. The van der Waals surface area contributed by atoms with Gasteiger partial charge in [0.25, 0.3) is 5.91 Å². The lowest BCUT2D eigenvalue weighted by atomic mass is 9.99. The molecule has 0 atom stereocenters. The minimum atomic E-state index is -0.303. The van der Waals surface area contributed by atoms with Crippen LogP contribution in [0.5, 0.6) is 0 Å². The van der Waals surface area contributed by atoms with E-state index in [1.54, 1.807) is 6.07 Å². The Bertz CT molecular complexity index is 795. The molecule has 2 aromatic rings. The van der Waals surface area contributed by atoms with E-state index in [0.29, 0.717) is 28.7 Å². The Labute approximate surface area is 167 Å². The van der Waals surface area contributed by atoms with Crippen LogP contribution in [0, 0.1) is 5.82 Å². The van der Waals surface area contributed by atoms with Gasteiger partial charge in [-0.2, -0.15) is 0 Å². The molecule has 0 unspecified atom stereocenters. The van der Waals surface area contributed by atoms with E-state index in [4.69, 9.17) is 0 Å². The number of benzene rings is 2. The molecular weight excluding hydrogens is 391 g/mol. The summed E-state index contributed by atoms with van der Waals surface area (Å²) < 4.78 is 15.1. The van der Waals surface area contributed by atoms with Gasteiger partial charge >= 0.3 is 0 Å². The van der Waals surface area contributed by atoms with Crippen molar-refractivity contribution in [2.75, 3.05) is 23.4 Å². The molecule has 0 bridgehead atoms. The lowest BCUT2D eigenvalue weighted by Gasteiger charge is -2.19. The molecule has 2 N–H and O–H groups in total. The van der Waals surface area contributed by atoms with Crippen molar-refractivity contribution in [1.29, 1.82) is 0 Å². The second-order valence-corrected chi connectivity index (χ2v) is 8.87. The molecule has 0 radical (unpaired) electrons. The van der Waals surface area contributed by atoms with Crippen molar-refractivity contribution >= 4 is 47.5 Å². The van der Waals surface area contributed by atoms with Gasteiger partial charge in [-0.1, -0.05) is 18.2 Å². The maximum atomic E-state index is 14.7. The zero-order chi connectivity index (χ0) is 17.2. The van der Waals surface area contributed by atoms with Gasteiger partial charge in [0.2, 0.25) is 0 Å². The highest BCUT2D eigenvalue weighted by Crippen LogP contribution is 2.45. The number of carbonyl (C=O) groups is 1. The minimum absolute atomic E-state index is 0. The summed E-state index contributed by atoms with van der Waals surface area (Å²) in [4.78, 5) is 12.5. The van der Waals surface area contributed by atoms with Gasteiger partial charge in [-0.25, -0.2) is 4.39 Å². The van der Waals surface area contributed by atoms with Crippen LogP contribution in [-0.2, 0) is 13.0 Å². The molecule has 7 heteroatoms. The Balaban J connectivity index is 0.00000196. The lowest BCUT2D eigenvalue weighted by molar-refractivity contribution is 0.102. The van der Waals surface area contributed by atoms with Crippen LogP contribution in [0.3, 0.4) is 0 Å². The molecule has 1 amide bonds. The lowest BCUT2D eigenvalue weighted by Crippen LogP contribution is -2.25. The summed E-state index contributed by atoms with van der Waals surface area (Å²) in [5.41, 5.74) is 3.73. The van der Waals surface area contributed by atoms with E-state index in [1.165, 1.54) is 17.1 Å². The minimum Gasteiger partial charge on any atom is -0.319 e. The van der Waals surface area contributed by atoms with Crippen LogP contribution < -0.4 is 10.6 Å². The van der Waals surface area contributed by atoms with Crippen molar-refractivity contribution in [3.63, 3.8) is 0 Å². The van der Waals surface area contributed by atoms with Gasteiger partial charge in [-0.3, -0.25) is 4.79 Å². The standard InChI is InChI=1S/C19H19FN2OS2.ClH/c20-17-15-7-8-21-11-14(15)5-6-16(17)22-18(23)12-1-3-13(4-2-12)19-24-9-10-25-19;/h1-6,19,21H,7-11H2,(H,22,23);1H. The average Bonchev–Trinajstić information content (AvgIpc) is 3.19. The predicted octanol–water partition coefficient (Wildman–Crippen LogP) is 4.62. The number of hydrogen-bond donors (Lipinski definition) is 2. The van der Waals surface area contributed by atoms with Gasteiger partial charge in [0.15, 0.2) is 0 Å². The highest BCUT2D eigenvalue weighted by Gasteiger charge is 2.20. The van der Waals surface area contributed by atoms with Crippen LogP contribution in [0.25, 0.3) is 0 Å². The zero-order valence-corrected chi connectivity index (χ0v) is 16.5. The molecule has 1 saturated heterocycles. The first-order chi connectivity index (χ1) is 12.2. The Hall–Kier alpha value is -1.21. The van der Waals surface area contributed by atoms with Gasteiger partial charge in [0.1, 0.15) is 5.82 Å². The first-order valence-corrected chi connectivity index (χ1v) is 10.5. The van der Waals surface area contributed by atoms with E-state index in [2.05, 4.69) is 10.6 Å². The van der Waals surface area contributed by atoms with E-state index in [9.17, 15) is 9.18 Å². The summed E-state index contributed by atoms with van der Waals surface area (Å²) in [5.74, 6) is 1.77. The van der Waals surface area contributed by atoms with Crippen LogP contribution in [-0.4, -0.2) is 24.0 Å². The highest BCUT2D eigenvalue weighted by atomic mass is 35.5. The van der Waals surface area contributed by atoms with Crippen LogP contribution in [0.4, 0.5) is 10.1 Å². The second-order valence-electron chi connectivity index (χ2n) is 6.14. The normalized spacial score (nSPS) is 16.7. The van der Waals surface area contributed by atoms with Gasteiger partial charge < -0.3 is 10.6 Å². The van der Waals surface area contributed by atoms with Gasteiger partial charge in [-0.05, 0) is 47.9 Å². The summed E-state index contributed by atoms with van der Waals surface area (Å²) in [7, 11) is 0. The molecule has 0 aromatic heterocycles. The fourth-order valence-electron chi connectivity index (χ4n) is 3.17. The first-order valence-electron chi connectivity index (χ1n) is 8.38. The highest BCUT2D eigenvalue weighted by molar-refractivity contribution is 8.19. The van der Waals surface area contributed by atoms with Crippen molar-refractivity contribution in [2.24, 2.45) is 0 Å². The topological polar surface area (TPSA) is 41.1 Å². The molecule has 1 fully saturated rings. The fourth-order valence-corrected chi connectivity index (χ4v) is 6.03. The maximum Gasteiger partial charge on any atom is 0.255 e. The predicted molar refractivity (Wildman–Crippen MR) is 111 cm³/mol. The third-order valence-corrected chi connectivity index (χ3v) is 7.63. The second kappa shape index (κ2) is 8.65. The Morgan fingerprint density at radius 2 is 1.85 bits per heavy atom. The third-order valence-electron chi connectivity index (χ3n) is 4.52. The number of anilines is 1. The summed E-state index contributed by atoms with van der Waals surface area (Å²) in [5, 5.41) is 5.95. The number of carbonyl (C=O) groups excluding carboxylic acids is 1. The summed E-state index contributed by atoms with van der Waals surface area (Å²) in [6.07, 6.45) is 0.649. The molecule has 3 nitrogen and oxygen atoms in total. The Morgan fingerprint density at radius 3 is 2.58 bits per heavy atom. The maximum absolute atomic E-state index is 14.7. The van der Waals surface area contributed by atoms with Crippen LogP contribution in [0.2, 0.25) is 0 Å². The summed E-state index contributed by atoms with van der Waals surface area (Å²) in [6, 6.07) is 11.2. The molecular formula is C19H20ClFN2OS2. The number of halogens is 2. The Morgan fingerprint density at radius 1 is 1.12 bits per heavy atom. The number of hydrogen-bond acceptors (Lipinski definition) is 4. The van der Waals surface area contributed by atoms with Crippen LogP contribution in [0.1, 0.15) is 31.6 Å². The van der Waals surface area contributed by atoms with E-state index in [-0.39, 0.29) is 29.8 Å². The fraction of sp³-hybridized carbons (Fsp3) is 0.316. The van der Waals surface area contributed by atoms with E-state index in [1.807, 2.05) is 53.9 Å². The average molecular weight is 411 g/mol. The quantitative estimate of drug-likeness (QED) is 0.774. The van der Waals surface area contributed by atoms with Gasteiger partial charge in [0, 0.05) is 23.6 Å². The van der Waals surface area contributed by atoms with Crippen molar-refractivity contribution < 1.29 is 9.18 Å². The van der Waals surface area contributed by atoms with Crippen molar-refractivity contribution in [3.8, 4) is 0 Å². The largest absolute Gasteiger partial charge is 0.319 e. The van der Waals surface area contributed by atoms with Crippen molar-refractivity contribution in [3.05, 3.63) is 64.5 Å². The molecule has 2 aromatic carbocycles. The molecule has 138 valence electrons. The molecule has 2 aliphatic heterocycles. The van der Waals surface area contributed by atoms with E-state index in [0.717, 1.165) is 12.1 Å². The molecule has 0 aliphatic carbocycles. The molecule has 2 aliphatic rings. The molecule has 4 rings (SSSR count). The summed E-state index contributed by atoms with van der Waals surface area (Å²) >= 11 is 3.87. The Kier molecular flexibility index (Phi) is 6.51. The first kappa shape index (κ1) is 19.5. The number of fused-ring (bicyclic) bond motifs is 1. The number of thioether (sulfide) groups is 2.